The smallest absolute Gasteiger partial charge is 0.534 e. The standard InChI is InChI=1S/C17H17BO3/c1-12-17(2,3)21-18(20-12)14-10-8-13(9-11-14)15-6-4-5-7-16(15)19/h4-11,19H,1H2,2-3H3. The lowest BCUT2D eigenvalue weighted by Gasteiger charge is -2.15. The number of benzene rings is 2. The average molecular weight is 280 g/mol. The molecule has 1 aliphatic heterocycles. The van der Waals surface area contributed by atoms with E-state index in [1.165, 1.54) is 0 Å². The Hall–Kier alpha value is -2.20. The molecule has 2 aromatic carbocycles. The normalized spacial score (nSPS) is 16.9. The number of phenols is 1. The van der Waals surface area contributed by atoms with Crippen molar-refractivity contribution in [1.29, 1.82) is 0 Å². The van der Waals surface area contributed by atoms with Crippen LogP contribution in [0.4, 0.5) is 0 Å². The summed E-state index contributed by atoms with van der Waals surface area (Å²) in [5.74, 6) is 0.908. The fraction of sp³-hybridized carbons (Fsp3) is 0.176. The maximum atomic E-state index is 9.89. The van der Waals surface area contributed by atoms with E-state index in [1.807, 2.05) is 50.2 Å². The van der Waals surface area contributed by atoms with Crippen molar-refractivity contribution < 1.29 is 14.4 Å². The van der Waals surface area contributed by atoms with Gasteiger partial charge in [-0.3, -0.25) is 0 Å². The van der Waals surface area contributed by atoms with E-state index in [4.69, 9.17) is 9.31 Å². The quantitative estimate of drug-likeness (QED) is 0.859. The Kier molecular flexibility index (Phi) is 3.26. The van der Waals surface area contributed by atoms with Crippen LogP contribution in [0, 0.1) is 0 Å². The molecule has 0 unspecified atom stereocenters. The third-order valence-electron chi connectivity index (χ3n) is 3.72. The first kappa shape index (κ1) is 13.8. The van der Waals surface area contributed by atoms with Crippen molar-refractivity contribution in [1.82, 2.24) is 0 Å². The van der Waals surface area contributed by atoms with E-state index >= 15 is 0 Å². The number of aromatic hydroxyl groups is 1. The van der Waals surface area contributed by atoms with Gasteiger partial charge in [0.2, 0.25) is 0 Å². The summed E-state index contributed by atoms with van der Waals surface area (Å²) in [7, 11) is -0.425. The summed E-state index contributed by atoms with van der Waals surface area (Å²) >= 11 is 0. The van der Waals surface area contributed by atoms with Gasteiger partial charge in [-0.05, 0) is 30.9 Å². The minimum atomic E-state index is -0.471. The van der Waals surface area contributed by atoms with Crippen LogP contribution in [0.5, 0.6) is 5.75 Å². The third-order valence-corrected chi connectivity index (χ3v) is 3.72. The molecule has 0 aliphatic carbocycles. The molecule has 0 spiro atoms. The van der Waals surface area contributed by atoms with Crippen LogP contribution in [0.3, 0.4) is 0 Å². The lowest BCUT2D eigenvalue weighted by molar-refractivity contribution is 0.173. The van der Waals surface area contributed by atoms with Gasteiger partial charge in [0.05, 0.1) is 5.76 Å². The van der Waals surface area contributed by atoms with Crippen LogP contribution >= 0.6 is 0 Å². The maximum absolute atomic E-state index is 9.89. The SMILES string of the molecule is C=C1OB(c2ccc(-c3ccccc3O)cc2)OC1(C)C. The van der Waals surface area contributed by atoms with E-state index in [9.17, 15) is 5.11 Å². The second-order valence-electron chi connectivity index (χ2n) is 5.64. The number of para-hydroxylation sites is 1. The summed E-state index contributed by atoms with van der Waals surface area (Å²) in [4.78, 5) is 0. The minimum absolute atomic E-state index is 0.271. The van der Waals surface area contributed by atoms with Gasteiger partial charge >= 0.3 is 7.12 Å². The Bertz CT molecular complexity index is 677. The monoisotopic (exact) mass is 280 g/mol. The van der Waals surface area contributed by atoms with Gasteiger partial charge in [-0.25, -0.2) is 0 Å². The lowest BCUT2D eigenvalue weighted by atomic mass is 9.78. The molecule has 1 fully saturated rings. The molecule has 1 heterocycles. The molecule has 1 aliphatic rings. The molecule has 0 radical (unpaired) electrons. The fourth-order valence-corrected chi connectivity index (χ4v) is 2.30. The van der Waals surface area contributed by atoms with Gasteiger partial charge in [-0.2, -0.15) is 0 Å². The van der Waals surface area contributed by atoms with Gasteiger partial charge in [0, 0.05) is 5.56 Å². The first-order chi connectivity index (χ1) is 9.97. The average Bonchev–Trinajstić information content (AvgIpc) is 2.74. The van der Waals surface area contributed by atoms with Crippen LogP contribution in [-0.4, -0.2) is 17.8 Å². The molecule has 0 amide bonds. The molecule has 4 heteroatoms. The molecular formula is C17H17BO3. The van der Waals surface area contributed by atoms with Crippen LogP contribution in [-0.2, 0) is 9.31 Å². The molecule has 1 N–H and O–H groups in total. The van der Waals surface area contributed by atoms with Crippen molar-refractivity contribution in [3.8, 4) is 16.9 Å². The van der Waals surface area contributed by atoms with Crippen LogP contribution in [0.1, 0.15) is 13.8 Å². The molecule has 0 bridgehead atoms. The molecular weight excluding hydrogens is 263 g/mol. The van der Waals surface area contributed by atoms with Crippen molar-refractivity contribution in [3.05, 3.63) is 60.9 Å². The number of phenolic OH excluding ortho intramolecular Hbond substituents is 1. The van der Waals surface area contributed by atoms with Gasteiger partial charge < -0.3 is 14.4 Å². The van der Waals surface area contributed by atoms with Gasteiger partial charge in [-0.15, -0.1) is 0 Å². The van der Waals surface area contributed by atoms with E-state index in [-0.39, 0.29) is 5.75 Å². The predicted octanol–water partition coefficient (Wildman–Crippen LogP) is 3.09. The summed E-state index contributed by atoms with van der Waals surface area (Å²) in [6, 6.07) is 15.1. The molecule has 21 heavy (non-hydrogen) atoms. The van der Waals surface area contributed by atoms with Crippen molar-refractivity contribution in [2.45, 2.75) is 19.4 Å². The summed E-state index contributed by atoms with van der Waals surface area (Å²) in [5, 5.41) is 9.89. The van der Waals surface area contributed by atoms with Gasteiger partial charge in [-0.1, -0.05) is 49.0 Å². The highest BCUT2D eigenvalue weighted by molar-refractivity contribution is 6.62. The van der Waals surface area contributed by atoms with Crippen molar-refractivity contribution in [3.63, 3.8) is 0 Å². The molecule has 2 aromatic rings. The highest BCUT2D eigenvalue weighted by atomic mass is 16.7. The maximum Gasteiger partial charge on any atom is 0.563 e. The van der Waals surface area contributed by atoms with E-state index < -0.39 is 12.7 Å². The van der Waals surface area contributed by atoms with Gasteiger partial charge in [0.15, 0.2) is 0 Å². The molecule has 3 rings (SSSR count). The topological polar surface area (TPSA) is 38.7 Å². The highest BCUT2D eigenvalue weighted by Crippen LogP contribution is 2.30. The molecule has 1 saturated heterocycles. The predicted molar refractivity (Wildman–Crippen MR) is 84.3 cm³/mol. The first-order valence-corrected chi connectivity index (χ1v) is 6.89. The van der Waals surface area contributed by atoms with E-state index in [2.05, 4.69) is 6.58 Å². The summed E-state index contributed by atoms with van der Waals surface area (Å²) in [6.07, 6.45) is 0. The number of hydrogen-bond acceptors (Lipinski definition) is 3. The van der Waals surface area contributed by atoms with Crippen LogP contribution in [0.15, 0.2) is 60.9 Å². The van der Waals surface area contributed by atoms with Crippen molar-refractivity contribution in [2.75, 3.05) is 0 Å². The summed E-state index contributed by atoms with van der Waals surface area (Å²) in [5.41, 5.74) is 2.22. The Labute approximate surface area is 125 Å². The van der Waals surface area contributed by atoms with E-state index in [1.54, 1.807) is 12.1 Å². The molecule has 106 valence electrons. The first-order valence-electron chi connectivity index (χ1n) is 6.89. The third kappa shape index (κ3) is 2.54. The van der Waals surface area contributed by atoms with Gasteiger partial charge in [0.1, 0.15) is 11.4 Å². The molecule has 0 aromatic heterocycles. The number of hydrogen-bond donors (Lipinski definition) is 1. The lowest BCUT2D eigenvalue weighted by Crippen LogP contribution is -2.34. The van der Waals surface area contributed by atoms with E-state index in [0.29, 0.717) is 5.76 Å². The molecule has 0 saturated carbocycles. The summed E-state index contributed by atoms with van der Waals surface area (Å²) < 4.78 is 11.5. The minimum Gasteiger partial charge on any atom is -0.534 e. The zero-order valence-electron chi connectivity index (χ0n) is 12.2. The Balaban J connectivity index is 1.86. The number of rotatable bonds is 2. The van der Waals surface area contributed by atoms with Crippen molar-refractivity contribution in [2.24, 2.45) is 0 Å². The highest BCUT2D eigenvalue weighted by Gasteiger charge is 2.42. The molecule has 3 nitrogen and oxygen atoms in total. The van der Waals surface area contributed by atoms with E-state index in [0.717, 1.165) is 16.6 Å². The fourth-order valence-electron chi connectivity index (χ4n) is 2.30. The second-order valence-corrected chi connectivity index (χ2v) is 5.64. The zero-order valence-corrected chi connectivity index (χ0v) is 12.2. The molecule has 0 atom stereocenters. The Morgan fingerprint density at radius 1 is 1.05 bits per heavy atom. The van der Waals surface area contributed by atoms with Gasteiger partial charge in [0.25, 0.3) is 0 Å². The zero-order chi connectivity index (χ0) is 15.0. The Morgan fingerprint density at radius 3 is 2.29 bits per heavy atom. The van der Waals surface area contributed by atoms with Crippen LogP contribution < -0.4 is 5.46 Å². The second kappa shape index (κ2) is 4.97. The van der Waals surface area contributed by atoms with Crippen molar-refractivity contribution >= 4 is 12.6 Å². The van der Waals surface area contributed by atoms with Crippen LogP contribution in [0.2, 0.25) is 0 Å². The van der Waals surface area contributed by atoms with Crippen LogP contribution in [0.25, 0.3) is 11.1 Å². The Morgan fingerprint density at radius 2 is 1.71 bits per heavy atom. The largest absolute Gasteiger partial charge is 0.563 e. The summed E-state index contributed by atoms with van der Waals surface area (Å²) in [6.45, 7) is 7.75.